The zero-order valence-corrected chi connectivity index (χ0v) is 10.7. The van der Waals surface area contributed by atoms with Crippen molar-refractivity contribution in [3.05, 3.63) is 33.3 Å². The van der Waals surface area contributed by atoms with Gasteiger partial charge in [0.1, 0.15) is 12.7 Å². The second-order valence-corrected chi connectivity index (χ2v) is 4.02. The van der Waals surface area contributed by atoms with Crippen molar-refractivity contribution in [1.29, 1.82) is 0 Å². The summed E-state index contributed by atoms with van der Waals surface area (Å²) in [6.45, 7) is 2.93. The molecule has 100 valence electrons. The fourth-order valence-electron chi connectivity index (χ4n) is 1.33. The second kappa shape index (κ2) is 7.15. The van der Waals surface area contributed by atoms with Crippen LogP contribution in [-0.2, 0) is 0 Å². The van der Waals surface area contributed by atoms with Crippen LogP contribution in [-0.4, -0.2) is 35.8 Å². The number of hydrogen-bond acceptors (Lipinski definition) is 5. The molecule has 0 spiro atoms. The lowest BCUT2D eigenvalue weighted by atomic mass is 10.3. The van der Waals surface area contributed by atoms with Crippen LogP contribution in [0.25, 0.3) is 0 Å². The van der Waals surface area contributed by atoms with Gasteiger partial charge in [-0.2, -0.15) is 0 Å². The molecule has 0 radical (unpaired) electrons. The normalized spacial score (nSPS) is 12.2. The third-order valence-corrected chi connectivity index (χ3v) is 2.49. The monoisotopic (exact) mass is 274 g/mol. The summed E-state index contributed by atoms with van der Waals surface area (Å²) in [6, 6.07) is 4.28. The number of hydrogen-bond donors (Lipinski definition) is 2. The summed E-state index contributed by atoms with van der Waals surface area (Å²) in [7, 11) is 0. The standard InChI is InChI=1S/C11H15ClN2O4/c1-2-13-6-8(15)7-18-11-9(12)4-3-5-10(11)14(16)17/h3-5,8,13,15H,2,6-7H2,1H3. The number of halogens is 1. The molecule has 0 saturated heterocycles. The van der Waals surface area contributed by atoms with Gasteiger partial charge in [0.25, 0.3) is 0 Å². The molecule has 1 unspecified atom stereocenters. The van der Waals surface area contributed by atoms with Crippen molar-refractivity contribution in [3.8, 4) is 5.75 Å². The SMILES string of the molecule is CCNCC(O)COc1c(Cl)cccc1[N+](=O)[O-]. The first kappa shape index (κ1) is 14.7. The Hall–Kier alpha value is -1.37. The van der Waals surface area contributed by atoms with Crippen LogP contribution in [0.4, 0.5) is 5.69 Å². The van der Waals surface area contributed by atoms with Crippen LogP contribution in [0.1, 0.15) is 6.92 Å². The summed E-state index contributed by atoms with van der Waals surface area (Å²) in [4.78, 5) is 10.2. The summed E-state index contributed by atoms with van der Waals surface area (Å²) < 4.78 is 5.22. The summed E-state index contributed by atoms with van der Waals surface area (Å²) in [5, 5.41) is 23.4. The predicted octanol–water partition coefficient (Wildman–Crippen LogP) is 1.60. The van der Waals surface area contributed by atoms with E-state index in [9.17, 15) is 15.2 Å². The van der Waals surface area contributed by atoms with Crippen molar-refractivity contribution < 1.29 is 14.8 Å². The Balaban J connectivity index is 2.69. The molecule has 6 nitrogen and oxygen atoms in total. The summed E-state index contributed by atoms with van der Waals surface area (Å²) in [5.74, 6) is -0.0142. The topological polar surface area (TPSA) is 84.6 Å². The summed E-state index contributed by atoms with van der Waals surface area (Å²) in [6.07, 6.45) is -0.749. The number of nitro groups is 1. The highest BCUT2D eigenvalue weighted by molar-refractivity contribution is 6.32. The van der Waals surface area contributed by atoms with Crippen molar-refractivity contribution in [2.75, 3.05) is 19.7 Å². The molecule has 0 heterocycles. The number of nitrogens with one attached hydrogen (secondary N) is 1. The molecule has 0 aliphatic heterocycles. The molecule has 18 heavy (non-hydrogen) atoms. The van der Waals surface area contributed by atoms with Crippen molar-refractivity contribution in [2.45, 2.75) is 13.0 Å². The van der Waals surface area contributed by atoms with Gasteiger partial charge in [0.05, 0.1) is 9.95 Å². The molecule has 1 aromatic rings. The highest BCUT2D eigenvalue weighted by atomic mass is 35.5. The van der Waals surface area contributed by atoms with E-state index in [0.717, 1.165) is 6.54 Å². The second-order valence-electron chi connectivity index (χ2n) is 3.62. The van der Waals surface area contributed by atoms with E-state index in [0.29, 0.717) is 6.54 Å². The van der Waals surface area contributed by atoms with E-state index in [1.807, 2.05) is 6.92 Å². The number of aliphatic hydroxyl groups is 1. The zero-order valence-electron chi connectivity index (χ0n) is 9.93. The average molecular weight is 275 g/mol. The van der Waals surface area contributed by atoms with Gasteiger partial charge in [-0.05, 0) is 12.6 Å². The van der Waals surface area contributed by atoms with Crippen LogP contribution in [0.2, 0.25) is 5.02 Å². The van der Waals surface area contributed by atoms with Crippen molar-refractivity contribution >= 4 is 17.3 Å². The Morgan fingerprint density at radius 1 is 1.61 bits per heavy atom. The van der Waals surface area contributed by atoms with Crippen LogP contribution in [0, 0.1) is 10.1 Å². The molecule has 0 amide bonds. The fraction of sp³-hybridized carbons (Fsp3) is 0.455. The van der Waals surface area contributed by atoms with E-state index in [1.54, 1.807) is 0 Å². The molecule has 0 fully saturated rings. The highest BCUT2D eigenvalue weighted by Crippen LogP contribution is 2.34. The number of nitrogens with zero attached hydrogens (tertiary/aromatic N) is 1. The summed E-state index contributed by atoms with van der Waals surface area (Å²) in [5.41, 5.74) is -0.210. The molecule has 0 aromatic heterocycles. The van der Waals surface area contributed by atoms with Crippen LogP contribution in [0.5, 0.6) is 5.75 Å². The fourth-order valence-corrected chi connectivity index (χ4v) is 1.56. The number of benzene rings is 1. The lowest BCUT2D eigenvalue weighted by Crippen LogP contribution is -2.31. The van der Waals surface area contributed by atoms with Crippen LogP contribution >= 0.6 is 11.6 Å². The highest BCUT2D eigenvalue weighted by Gasteiger charge is 2.19. The Kier molecular flexibility index (Phi) is 5.84. The van der Waals surface area contributed by atoms with Gasteiger partial charge >= 0.3 is 5.69 Å². The Morgan fingerprint density at radius 3 is 2.94 bits per heavy atom. The number of likely N-dealkylation sites (N-methyl/N-ethyl adjacent to an activating group) is 1. The van der Waals surface area contributed by atoms with Crippen molar-refractivity contribution in [1.82, 2.24) is 5.32 Å². The number of para-hydroxylation sites is 1. The molecular formula is C11H15ClN2O4. The third-order valence-electron chi connectivity index (χ3n) is 2.19. The van der Waals surface area contributed by atoms with Gasteiger partial charge in [0.15, 0.2) is 0 Å². The molecule has 0 aliphatic carbocycles. The van der Waals surface area contributed by atoms with E-state index in [-0.39, 0.29) is 23.1 Å². The van der Waals surface area contributed by atoms with Gasteiger partial charge in [-0.15, -0.1) is 0 Å². The number of rotatable bonds is 7. The van der Waals surface area contributed by atoms with Gasteiger partial charge in [-0.1, -0.05) is 24.6 Å². The molecular weight excluding hydrogens is 260 g/mol. The van der Waals surface area contributed by atoms with E-state index in [4.69, 9.17) is 16.3 Å². The Bertz CT molecular complexity index is 414. The van der Waals surface area contributed by atoms with Crippen molar-refractivity contribution in [2.24, 2.45) is 0 Å². The van der Waals surface area contributed by atoms with Crippen LogP contribution in [0.15, 0.2) is 18.2 Å². The minimum atomic E-state index is -0.749. The molecule has 0 saturated carbocycles. The van der Waals surface area contributed by atoms with Gasteiger partial charge < -0.3 is 15.2 Å². The van der Waals surface area contributed by atoms with E-state index in [1.165, 1.54) is 18.2 Å². The zero-order chi connectivity index (χ0) is 13.5. The first-order valence-electron chi connectivity index (χ1n) is 5.50. The van der Waals surface area contributed by atoms with E-state index in [2.05, 4.69) is 5.32 Å². The van der Waals surface area contributed by atoms with E-state index >= 15 is 0 Å². The first-order valence-corrected chi connectivity index (χ1v) is 5.88. The number of ether oxygens (including phenoxy) is 1. The third kappa shape index (κ3) is 4.14. The van der Waals surface area contributed by atoms with Crippen molar-refractivity contribution in [3.63, 3.8) is 0 Å². The molecule has 1 aromatic carbocycles. The lowest BCUT2D eigenvalue weighted by molar-refractivity contribution is -0.385. The maximum Gasteiger partial charge on any atom is 0.312 e. The molecule has 1 rings (SSSR count). The molecule has 7 heteroatoms. The van der Waals surface area contributed by atoms with Gasteiger partial charge in [0, 0.05) is 12.6 Å². The quantitative estimate of drug-likeness (QED) is 0.583. The Labute approximate surface area is 110 Å². The number of nitro benzene ring substituents is 1. The summed E-state index contributed by atoms with van der Waals surface area (Å²) >= 11 is 5.83. The minimum Gasteiger partial charge on any atom is -0.483 e. The maximum atomic E-state index is 10.8. The molecule has 2 N–H and O–H groups in total. The van der Waals surface area contributed by atoms with Crippen LogP contribution in [0.3, 0.4) is 0 Å². The predicted molar refractivity (Wildman–Crippen MR) is 68.2 cm³/mol. The maximum absolute atomic E-state index is 10.8. The number of aliphatic hydroxyl groups excluding tert-OH is 1. The van der Waals surface area contributed by atoms with Gasteiger partial charge in [-0.3, -0.25) is 10.1 Å². The van der Waals surface area contributed by atoms with Gasteiger partial charge in [-0.25, -0.2) is 0 Å². The van der Waals surface area contributed by atoms with Crippen LogP contribution < -0.4 is 10.1 Å². The lowest BCUT2D eigenvalue weighted by Gasteiger charge is -2.13. The molecule has 1 atom stereocenters. The average Bonchev–Trinajstić information content (AvgIpc) is 2.34. The minimum absolute atomic E-state index is 0.0142. The first-order chi connectivity index (χ1) is 8.56. The molecule has 0 aliphatic rings. The van der Waals surface area contributed by atoms with Gasteiger partial charge in [0.2, 0.25) is 5.75 Å². The largest absolute Gasteiger partial charge is 0.483 e. The Morgan fingerprint density at radius 2 is 2.33 bits per heavy atom. The van der Waals surface area contributed by atoms with E-state index < -0.39 is 11.0 Å². The molecule has 0 bridgehead atoms. The smallest absolute Gasteiger partial charge is 0.312 e.